The van der Waals surface area contributed by atoms with Gasteiger partial charge in [-0.2, -0.15) is 11.8 Å². The Morgan fingerprint density at radius 2 is 2.00 bits per heavy atom. The lowest BCUT2D eigenvalue weighted by Crippen LogP contribution is -2.45. The van der Waals surface area contributed by atoms with Gasteiger partial charge in [-0.15, -0.1) is 0 Å². The van der Waals surface area contributed by atoms with Crippen LogP contribution in [0.15, 0.2) is 0 Å². The van der Waals surface area contributed by atoms with Crippen LogP contribution < -0.4 is 5.32 Å². The van der Waals surface area contributed by atoms with Gasteiger partial charge >= 0.3 is 0 Å². The number of rotatable bonds is 8. The molecular formula is C11H26N2S. The van der Waals surface area contributed by atoms with Gasteiger partial charge in [-0.3, -0.25) is 4.90 Å². The minimum Gasteiger partial charge on any atom is -0.315 e. The number of hydrogen-bond donors (Lipinski definition) is 1. The van der Waals surface area contributed by atoms with Crippen molar-refractivity contribution >= 4 is 11.8 Å². The monoisotopic (exact) mass is 218 g/mol. The first kappa shape index (κ1) is 14.3. The van der Waals surface area contributed by atoms with Crippen LogP contribution in [-0.4, -0.2) is 49.1 Å². The summed E-state index contributed by atoms with van der Waals surface area (Å²) in [5, 5.41) is 3.43. The topological polar surface area (TPSA) is 15.3 Å². The van der Waals surface area contributed by atoms with E-state index in [1.165, 1.54) is 12.2 Å². The molecular weight excluding hydrogens is 192 g/mol. The molecule has 2 atom stereocenters. The van der Waals surface area contributed by atoms with Gasteiger partial charge < -0.3 is 5.32 Å². The highest BCUT2D eigenvalue weighted by Crippen LogP contribution is 2.09. The fourth-order valence-corrected chi connectivity index (χ4v) is 2.32. The molecule has 0 aliphatic rings. The summed E-state index contributed by atoms with van der Waals surface area (Å²) < 4.78 is 0. The molecule has 0 aliphatic carbocycles. The number of likely N-dealkylation sites (N-methyl/N-ethyl adjacent to an activating group) is 2. The van der Waals surface area contributed by atoms with Gasteiger partial charge in [-0.1, -0.05) is 13.8 Å². The lowest BCUT2D eigenvalue weighted by Gasteiger charge is -2.32. The van der Waals surface area contributed by atoms with Crippen molar-refractivity contribution in [1.29, 1.82) is 0 Å². The molecule has 2 unspecified atom stereocenters. The lowest BCUT2D eigenvalue weighted by molar-refractivity contribution is 0.189. The summed E-state index contributed by atoms with van der Waals surface area (Å²) in [5.41, 5.74) is 0. The molecule has 0 saturated heterocycles. The van der Waals surface area contributed by atoms with Crippen LogP contribution in [-0.2, 0) is 0 Å². The normalized spacial score (nSPS) is 15.9. The van der Waals surface area contributed by atoms with Crippen LogP contribution >= 0.6 is 11.8 Å². The van der Waals surface area contributed by atoms with E-state index in [0.717, 1.165) is 13.1 Å². The second-order valence-electron chi connectivity index (χ2n) is 3.84. The maximum atomic E-state index is 3.43. The molecule has 0 aliphatic heterocycles. The Labute approximate surface area is 93.8 Å². The number of thioether (sulfide) groups is 1. The van der Waals surface area contributed by atoms with E-state index in [9.17, 15) is 0 Å². The summed E-state index contributed by atoms with van der Waals surface area (Å²) >= 11 is 1.93. The molecule has 1 N–H and O–H groups in total. The first-order valence-corrected chi connectivity index (χ1v) is 6.98. The summed E-state index contributed by atoms with van der Waals surface area (Å²) in [6.45, 7) is 8.93. The number of nitrogens with one attached hydrogen (secondary N) is 1. The van der Waals surface area contributed by atoms with Crippen LogP contribution in [0.4, 0.5) is 0 Å². The zero-order valence-electron chi connectivity index (χ0n) is 10.3. The molecule has 14 heavy (non-hydrogen) atoms. The van der Waals surface area contributed by atoms with E-state index in [2.05, 4.69) is 44.3 Å². The van der Waals surface area contributed by atoms with Gasteiger partial charge in [0.05, 0.1) is 0 Å². The van der Waals surface area contributed by atoms with Crippen LogP contribution in [0.2, 0.25) is 0 Å². The van der Waals surface area contributed by atoms with Gasteiger partial charge in [0.2, 0.25) is 0 Å². The molecule has 0 fully saturated rings. The largest absolute Gasteiger partial charge is 0.315 e. The summed E-state index contributed by atoms with van der Waals surface area (Å²) in [7, 11) is 2.24. The summed E-state index contributed by atoms with van der Waals surface area (Å²) in [5.74, 6) is 1.22. The maximum Gasteiger partial charge on any atom is 0.0218 e. The molecule has 0 bridgehead atoms. The second-order valence-corrected chi connectivity index (χ2v) is 4.75. The molecule has 0 rings (SSSR count). The Hall–Kier alpha value is 0.270. The van der Waals surface area contributed by atoms with Crippen LogP contribution in [0.1, 0.15) is 27.2 Å². The minimum atomic E-state index is 0.675. The van der Waals surface area contributed by atoms with Gasteiger partial charge in [-0.05, 0) is 33.2 Å². The van der Waals surface area contributed by atoms with E-state index in [4.69, 9.17) is 0 Å². The van der Waals surface area contributed by atoms with Crippen LogP contribution in [0.25, 0.3) is 0 Å². The van der Waals surface area contributed by atoms with E-state index < -0.39 is 0 Å². The molecule has 0 aromatic rings. The SMILES string of the molecule is CCNCC(CC)N(C)C(C)CSC. The molecule has 0 spiro atoms. The zero-order valence-corrected chi connectivity index (χ0v) is 11.2. The maximum absolute atomic E-state index is 3.43. The fraction of sp³-hybridized carbons (Fsp3) is 1.00. The molecule has 0 saturated carbocycles. The molecule has 3 heteroatoms. The quantitative estimate of drug-likeness (QED) is 0.671. The van der Waals surface area contributed by atoms with Crippen molar-refractivity contribution in [3.05, 3.63) is 0 Å². The molecule has 2 nitrogen and oxygen atoms in total. The third-order valence-corrected chi connectivity index (χ3v) is 3.60. The third kappa shape index (κ3) is 5.23. The van der Waals surface area contributed by atoms with E-state index in [1.807, 2.05) is 11.8 Å². The average Bonchev–Trinajstić information content (AvgIpc) is 2.19. The van der Waals surface area contributed by atoms with Crippen molar-refractivity contribution in [2.45, 2.75) is 39.3 Å². The Bertz CT molecular complexity index is 130. The highest BCUT2D eigenvalue weighted by Gasteiger charge is 2.16. The van der Waals surface area contributed by atoms with E-state index >= 15 is 0 Å². The molecule has 0 aromatic carbocycles. The van der Waals surface area contributed by atoms with Crippen molar-refractivity contribution in [2.75, 3.05) is 32.1 Å². The van der Waals surface area contributed by atoms with Gasteiger partial charge in [0.25, 0.3) is 0 Å². The minimum absolute atomic E-state index is 0.675. The molecule has 0 aromatic heterocycles. The lowest BCUT2D eigenvalue weighted by atomic mass is 10.1. The predicted molar refractivity (Wildman–Crippen MR) is 68.2 cm³/mol. The third-order valence-electron chi connectivity index (χ3n) is 2.78. The van der Waals surface area contributed by atoms with Crippen molar-refractivity contribution in [1.82, 2.24) is 10.2 Å². The van der Waals surface area contributed by atoms with Gasteiger partial charge in [0.1, 0.15) is 0 Å². The van der Waals surface area contributed by atoms with Crippen molar-refractivity contribution in [3.63, 3.8) is 0 Å². The van der Waals surface area contributed by atoms with Crippen molar-refractivity contribution in [2.24, 2.45) is 0 Å². The van der Waals surface area contributed by atoms with Gasteiger partial charge in [0.15, 0.2) is 0 Å². The highest BCUT2D eigenvalue weighted by atomic mass is 32.2. The smallest absolute Gasteiger partial charge is 0.0218 e. The standard InChI is InChI=1S/C11H26N2S/c1-6-11(8-12-7-2)13(4)10(3)9-14-5/h10-12H,6-9H2,1-5H3. The van der Waals surface area contributed by atoms with E-state index in [0.29, 0.717) is 12.1 Å². The second kappa shape index (κ2) is 8.57. The van der Waals surface area contributed by atoms with E-state index in [1.54, 1.807) is 0 Å². The Kier molecular flexibility index (Phi) is 8.73. The Balaban J connectivity index is 3.94. The van der Waals surface area contributed by atoms with Crippen molar-refractivity contribution < 1.29 is 0 Å². The summed E-state index contributed by atoms with van der Waals surface area (Å²) in [6.07, 6.45) is 3.40. The Morgan fingerprint density at radius 1 is 1.36 bits per heavy atom. The van der Waals surface area contributed by atoms with Gasteiger partial charge in [-0.25, -0.2) is 0 Å². The van der Waals surface area contributed by atoms with E-state index in [-0.39, 0.29) is 0 Å². The number of nitrogens with zero attached hydrogens (tertiary/aromatic N) is 1. The molecule has 0 radical (unpaired) electrons. The van der Waals surface area contributed by atoms with Crippen molar-refractivity contribution in [3.8, 4) is 0 Å². The summed E-state index contributed by atoms with van der Waals surface area (Å²) in [6, 6.07) is 1.35. The molecule has 86 valence electrons. The van der Waals surface area contributed by atoms with Crippen LogP contribution in [0, 0.1) is 0 Å². The average molecular weight is 218 g/mol. The first-order valence-electron chi connectivity index (χ1n) is 5.58. The van der Waals surface area contributed by atoms with Crippen LogP contribution in [0.5, 0.6) is 0 Å². The molecule has 0 heterocycles. The summed E-state index contributed by atoms with van der Waals surface area (Å²) in [4.78, 5) is 2.50. The highest BCUT2D eigenvalue weighted by molar-refractivity contribution is 7.98. The fourth-order valence-electron chi connectivity index (χ4n) is 1.61. The first-order chi connectivity index (χ1) is 6.67. The predicted octanol–water partition coefficient (Wildman–Crippen LogP) is 2.06. The van der Waals surface area contributed by atoms with Crippen LogP contribution in [0.3, 0.4) is 0 Å². The molecule has 0 amide bonds. The van der Waals surface area contributed by atoms with Gasteiger partial charge in [0, 0.05) is 24.4 Å². The number of hydrogen-bond acceptors (Lipinski definition) is 3. The zero-order chi connectivity index (χ0) is 11.0. The Morgan fingerprint density at radius 3 is 2.43 bits per heavy atom.